The van der Waals surface area contributed by atoms with Crippen molar-refractivity contribution in [2.24, 2.45) is 0 Å². The largest absolute Gasteiger partial charge is 0.488 e. The van der Waals surface area contributed by atoms with Gasteiger partial charge < -0.3 is 9.84 Å². The van der Waals surface area contributed by atoms with E-state index >= 15 is 0 Å². The minimum absolute atomic E-state index is 0.00445. The van der Waals surface area contributed by atoms with E-state index in [2.05, 4.69) is 34.5 Å². The minimum atomic E-state index is -1.14. The van der Waals surface area contributed by atoms with Gasteiger partial charge in [-0.3, -0.25) is 19.8 Å². The molecule has 7 nitrogen and oxygen atoms in total. The Morgan fingerprint density at radius 1 is 1.27 bits per heavy atom. The molecule has 152 valence electrons. The minimum Gasteiger partial charge on any atom is -0.488 e. The zero-order chi connectivity index (χ0) is 21.8. The van der Waals surface area contributed by atoms with Crippen LogP contribution in [0.3, 0.4) is 0 Å². The van der Waals surface area contributed by atoms with Gasteiger partial charge in [0.15, 0.2) is 5.11 Å². The Labute approximate surface area is 191 Å². The number of ether oxygens (including phenoxy) is 1. The fourth-order valence-corrected chi connectivity index (χ4v) is 3.69. The first-order valence-electron chi connectivity index (χ1n) is 8.60. The summed E-state index contributed by atoms with van der Waals surface area (Å²) in [4.78, 5) is 37.8. The normalized spacial score (nSPS) is 15.2. The number of benzene rings is 2. The van der Waals surface area contributed by atoms with Gasteiger partial charge in [0.05, 0.1) is 14.8 Å². The summed E-state index contributed by atoms with van der Waals surface area (Å²) in [6.07, 6.45) is 3.08. The van der Waals surface area contributed by atoms with Gasteiger partial charge in [0, 0.05) is 0 Å². The summed E-state index contributed by atoms with van der Waals surface area (Å²) in [5.74, 6) is -1.75. The fourth-order valence-electron chi connectivity index (χ4n) is 2.71. The maximum Gasteiger partial charge on any atom is 0.335 e. The van der Waals surface area contributed by atoms with Gasteiger partial charge in [-0.05, 0) is 76.8 Å². The molecule has 2 aromatic rings. The molecular formula is C21H15IN2O5S. The van der Waals surface area contributed by atoms with Gasteiger partial charge in [-0.1, -0.05) is 24.8 Å². The van der Waals surface area contributed by atoms with E-state index in [1.807, 2.05) is 0 Å². The molecule has 0 aliphatic carbocycles. The van der Waals surface area contributed by atoms with Crippen molar-refractivity contribution >= 4 is 69.5 Å². The van der Waals surface area contributed by atoms with Crippen LogP contribution in [-0.2, 0) is 9.59 Å². The van der Waals surface area contributed by atoms with Crippen LogP contribution in [0.1, 0.15) is 15.9 Å². The molecule has 3 rings (SSSR count). The van der Waals surface area contributed by atoms with Crippen molar-refractivity contribution in [3.63, 3.8) is 0 Å². The highest BCUT2D eigenvalue weighted by atomic mass is 127. The number of carboxylic acid groups (broad SMARTS) is 1. The predicted molar refractivity (Wildman–Crippen MR) is 124 cm³/mol. The van der Waals surface area contributed by atoms with E-state index in [9.17, 15) is 19.5 Å². The summed E-state index contributed by atoms with van der Waals surface area (Å²) in [6.45, 7) is 3.96. The van der Waals surface area contributed by atoms with Crippen LogP contribution >= 0.6 is 34.8 Å². The molecule has 1 saturated heterocycles. The molecule has 1 aliphatic rings. The van der Waals surface area contributed by atoms with Crippen molar-refractivity contribution < 1.29 is 24.2 Å². The number of rotatable bonds is 6. The van der Waals surface area contributed by atoms with Crippen LogP contribution in [0.2, 0.25) is 0 Å². The summed E-state index contributed by atoms with van der Waals surface area (Å²) < 4.78 is 6.33. The average Bonchev–Trinajstić information content (AvgIpc) is 2.70. The van der Waals surface area contributed by atoms with Crippen LogP contribution in [0.25, 0.3) is 6.08 Å². The summed E-state index contributed by atoms with van der Waals surface area (Å²) in [7, 11) is 0. The van der Waals surface area contributed by atoms with Crippen molar-refractivity contribution in [1.82, 2.24) is 5.32 Å². The highest BCUT2D eigenvalue weighted by Gasteiger charge is 2.34. The quantitative estimate of drug-likeness (QED) is 0.194. The van der Waals surface area contributed by atoms with E-state index in [-0.39, 0.29) is 21.9 Å². The number of carboxylic acids is 1. The van der Waals surface area contributed by atoms with Crippen LogP contribution in [0.15, 0.2) is 60.7 Å². The van der Waals surface area contributed by atoms with Gasteiger partial charge >= 0.3 is 5.97 Å². The molecule has 0 saturated carbocycles. The second-order valence-electron chi connectivity index (χ2n) is 6.10. The number of hydrogen-bond donors (Lipinski definition) is 2. The number of nitrogens with one attached hydrogen (secondary N) is 1. The van der Waals surface area contributed by atoms with Gasteiger partial charge in [0.2, 0.25) is 0 Å². The average molecular weight is 534 g/mol. The number of carbonyl (C=O) groups is 3. The first-order chi connectivity index (χ1) is 14.3. The maximum absolute atomic E-state index is 13.0. The lowest BCUT2D eigenvalue weighted by Crippen LogP contribution is -2.54. The molecule has 1 fully saturated rings. The fraction of sp³-hybridized carbons (Fsp3) is 0.0476. The third kappa shape index (κ3) is 4.57. The van der Waals surface area contributed by atoms with Crippen LogP contribution in [0, 0.1) is 3.57 Å². The molecular weight excluding hydrogens is 519 g/mol. The Morgan fingerprint density at radius 2 is 2.03 bits per heavy atom. The number of amides is 2. The summed E-state index contributed by atoms with van der Waals surface area (Å²) >= 11 is 7.24. The number of nitrogens with zero attached hydrogens (tertiary/aromatic N) is 1. The van der Waals surface area contributed by atoms with Crippen molar-refractivity contribution in [2.45, 2.75) is 0 Å². The molecule has 9 heteroatoms. The SMILES string of the molecule is C=CCOc1ccc(C=C2C(=O)NC(=S)N(c3cccc(C(=O)O)c3)C2=O)cc1I. The maximum atomic E-state index is 13.0. The lowest BCUT2D eigenvalue weighted by Gasteiger charge is -2.29. The molecule has 0 aromatic heterocycles. The molecule has 0 atom stereocenters. The zero-order valence-corrected chi connectivity index (χ0v) is 18.4. The Kier molecular flexibility index (Phi) is 6.63. The number of thiocarbonyl (C=S) groups is 1. The summed E-state index contributed by atoms with van der Waals surface area (Å²) in [6, 6.07) is 11.0. The first-order valence-corrected chi connectivity index (χ1v) is 10.1. The third-order valence-corrected chi connectivity index (χ3v) is 5.20. The molecule has 0 radical (unpaired) electrons. The lowest BCUT2D eigenvalue weighted by molar-refractivity contribution is -0.122. The van der Waals surface area contributed by atoms with Crippen LogP contribution < -0.4 is 15.0 Å². The van der Waals surface area contributed by atoms with Gasteiger partial charge in [0.25, 0.3) is 11.8 Å². The van der Waals surface area contributed by atoms with E-state index in [1.165, 1.54) is 24.3 Å². The van der Waals surface area contributed by atoms with Crippen LogP contribution in [0.5, 0.6) is 5.75 Å². The Hall–Kier alpha value is -3.05. The van der Waals surface area contributed by atoms with E-state index in [4.69, 9.17) is 17.0 Å². The molecule has 0 spiro atoms. The molecule has 2 aromatic carbocycles. The van der Waals surface area contributed by atoms with Crippen molar-refractivity contribution in [3.05, 3.63) is 75.4 Å². The van der Waals surface area contributed by atoms with Crippen molar-refractivity contribution in [1.29, 1.82) is 0 Å². The highest BCUT2D eigenvalue weighted by molar-refractivity contribution is 14.1. The molecule has 1 heterocycles. The smallest absolute Gasteiger partial charge is 0.335 e. The zero-order valence-electron chi connectivity index (χ0n) is 15.4. The molecule has 0 unspecified atom stereocenters. The summed E-state index contributed by atoms with van der Waals surface area (Å²) in [5.41, 5.74) is 0.740. The predicted octanol–water partition coefficient (Wildman–Crippen LogP) is 3.39. The van der Waals surface area contributed by atoms with Gasteiger partial charge in [0.1, 0.15) is 17.9 Å². The number of halogens is 1. The van der Waals surface area contributed by atoms with E-state index in [1.54, 1.807) is 30.3 Å². The van der Waals surface area contributed by atoms with E-state index in [0.717, 1.165) is 8.47 Å². The van der Waals surface area contributed by atoms with Crippen LogP contribution in [-0.4, -0.2) is 34.6 Å². The first kappa shape index (κ1) is 21.7. The second-order valence-corrected chi connectivity index (χ2v) is 7.65. The number of hydrogen-bond acceptors (Lipinski definition) is 5. The van der Waals surface area contributed by atoms with Crippen molar-refractivity contribution in [3.8, 4) is 5.75 Å². The molecule has 2 amide bonds. The molecule has 1 aliphatic heterocycles. The van der Waals surface area contributed by atoms with E-state index in [0.29, 0.717) is 17.9 Å². The van der Waals surface area contributed by atoms with Crippen LogP contribution in [0.4, 0.5) is 5.69 Å². The Morgan fingerprint density at radius 3 is 2.70 bits per heavy atom. The van der Waals surface area contributed by atoms with Gasteiger partial charge in [-0.2, -0.15) is 0 Å². The van der Waals surface area contributed by atoms with Crippen molar-refractivity contribution in [2.75, 3.05) is 11.5 Å². The number of aromatic carboxylic acids is 1. The Balaban J connectivity index is 1.96. The molecule has 30 heavy (non-hydrogen) atoms. The lowest BCUT2D eigenvalue weighted by atomic mass is 10.1. The van der Waals surface area contributed by atoms with Gasteiger partial charge in [-0.25, -0.2) is 4.79 Å². The molecule has 0 bridgehead atoms. The third-order valence-electron chi connectivity index (χ3n) is 4.08. The summed E-state index contributed by atoms with van der Waals surface area (Å²) in [5, 5.41) is 11.6. The standard InChI is InChI=1S/C21H15IN2O5S/c1-2-8-29-17-7-6-12(10-16(17)22)9-15-18(25)23-21(30)24(19(15)26)14-5-3-4-13(11-14)20(27)28/h2-7,9-11H,1,8H2,(H,27,28)(H,23,25,30). The highest BCUT2D eigenvalue weighted by Crippen LogP contribution is 2.26. The Bertz CT molecular complexity index is 1110. The van der Waals surface area contributed by atoms with Gasteiger partial charge in [-0.15, -0.1) is 0 Å². The van der Waals surface area contributed by atoms with E-state index < -0.39 is 17.8 Å². The number of carbonyl (C=O) groups excluding carboxylic acids is 2. The number of anilines is 1. The monoisotopic (exact) mass is 534 g/mol. The topological polar surface area (TPSA) is 95.9 Å². The second kappa shape index (κ2) is 9.18. The molecule has 2 N–H and O–H groups in total.